The van der Waals surface area contributed by atoms with E-state index in [1.807, 2.05) is 0 Å². The van der Waals surface area contributed by atoms with Crippen LogP contribution in [0.3, 0.4) is 0 Å². The number of carbonyl (C=O) groups excluding carboxylic acids is 1. The van der Waals surface area contributed by atoms with Gasteiger partial charge in [-0.25, -0.2) is 18.2 Å². The molecular formula is C7H2ClF3INO. The molecule has 1 aromatic heterocycles. The van der Waals surface area contributed by atoms with E-state index in [-0.39, 0.29) is 3.70 Å². The van der Waals surface area contributed by atoms with Crippen molar-refractivity contribution in [3.05, 3.63) is 26.8 Å². The number of alkyl halides is 2. The van der Waals surface area contributed by atoms with Gasteiger partial charge in [0, 0.05) is 0 Å². The molecular weight excluding hydrogens is 333 g/mol. The van der Waals surface area contributed by atoms with E-state index >= 15 is 0 Å². The third-order valence-electron chi connectivity index (χ3n) is 1.38. The summed E-state index contributed by atoms with van der Waals surface area (Å²) in [5, 5.41) is -1.13. The Morgan fingerprint density at radius 1 is 1.57 bits per heavy atom. The van der Waals surface area contributed by atoms with Crippen molar-refractivity contribution in [2.24, 2.45) is 0 Å². The lowest BCUT2D eigenvalue weighted by Crippen LogP contribution is -2.05. The molecule has 0 fully saturated rings. The number of nitrogens with zero attached hydrogens (tertiary/aromatic N) is 1. The predicted octanol–water partition coefficient (Wildman–Crippen LogP) is 3.14. The summed E-state index contributed by atoms with van der Waals surface area (Å²) in [5.74, 6) is -0.900. The molecule has 0 aromatic carbocycles. The fourth-order valence-corrected chi connectivity index (χ4v) is 1.35. The zero-order valence-electron chi connectivity index (χ0n) is 6.40. The smallest absolute Gasteiger partial charge is 0.271 e. The third kappa shape index (κ3) is 2.35. The van der Waals surface area contributed by atoms with Gasteiger partial charge in [-0.1, -0.05) is 0 Å². The highest BCUT2D eigenvalue weighted by Gasteiger charge is 2.21. The van der Waals surface area contributed by atoms with Gasteiger partial charge in [-0.3, -0.25) is 4.79 Å². The van der Waals surface area contributed by atoms with E-state index in [1.165, 1.54) is 22.6 Å². The Labute approximate surface area is 95.6 Å². The molecule has 0 amide bonds. The van der Waals surface area contributed by atoms with E-state index in [0.717, 1.165) is 0 Å². The first-order chi connectivity index (χ1) is 6.43. The highest BCUT2D eigenvalue weighted by Crippen LogP contribution is 2.25. The zero-order chi connectivity index (χ0) is 10.9. The molecule has 0 spiro atoms. The molecule has 1 heterocycles. The van der Waals surface area contributed by atoms with Gasteiger partial charge in [0.1, 0.15) is 9.39 Å². The second-order valence-electron chi connectivity index (χ2n) is 2.27. The Morgan fingerprint density at radius 2 is 2.14 bits per heavy atom. The topological polar surface area (TPSA) is 30.0 Å². The Kier molecular flexibility index (Phi) is 3.71. The lowest BCUT2D eigenvalue weighted by Gasteiger charge is -2.05. The van der Waals surface area contributed by atoms with Crippen molar-refractivity contribution in [3.8, 4) is 0 Å². The number of aromatic nitrogens is 1. The number of rotatable bonds is 2. The normalized spacial score (nSPS) is 10.7. The highest BCUT2D eigenvalue weighted by atomic mass is 127. The first-order valence-corrected chi connectivity index (χ1v) is 4.73. The van der Waals surface area contributed by atoms with Crippen molar-refractivity contribution in [3.63, 3.8) is 0 Å². The predicted molar refractivity (Wildman–Crippen MR) is 52.1 cm³/mol. The lowest BCUT2D eigenvalue weighted by atomic mass is 10.2. The standard InChI is InChI=1S/C7H2ClF3INO/c8-5(14)4-2(6(10)11)1-3(9)7(12)13-4/h1,6H. The van der Waals surface area contributed by atoms with Crippen LogP contribution in [0.5, 0.6) is 0 Å². The van der Waals surface area contributed by atoms with Crippen LogP contribution in [0.15, 0.2) is 6.07 Å². The maximum atomic E-state index is 12.8. The summed E-state index contributed by atoms with van der Waals surface area (Å²) in [6.07, 6.45) is -2.98. The summed E-state index contributed by atoms with van der Waals surface area (Å²) in [6, 6.07) is 0.565. The number of hydrogen-bond acceptors (Lipinski definition) is 2. The summed E-state index contributed by atoms with van der Waals surface area (Å²) in [4.78, 5) is 14.0. The van der Waals surface area contributed by atoms with Crippen LogP contribution in [-0.4, -0.2) is 10.2 Å². The first kappa shape index (κ1) is 11.7. The van der Waals surface area contributed by atoms with Crippen LogP contribution in [-0.2, 0) is 0 Å². The average Bonchev–Trinajstić information content (AvgIpc) is 2.08. The van der Waals surface area contributed by atoms with Crippen molar-refractivity contribution in [2.45, 2.75) is 6.43 Å². The summed E-state index contributed by atoms with van der Waals surface area (Å²) in [7, 11) is 0. The van der Waals surface area contributed by atoms with Gasteiger partial charge >= 0.3 is 0 Å². The van der Waals surface area contributed by atoms with Crippen molar-refractivity contribution in [1.82, 2.24) is 4.98 Å². The molecule has 1 aromatic rings. The zero-order valence-corrected chi connectivity index (χ0v) is 9.31. The minimum atomic E-state index is -2.98. The number of halogens is 5. The Bertz CT molecular complexity index is 385. The largest absolute Gasteiger partial charge is 0.274 e. The maximum Gasteiger partial charge on any atom is 0.271 e. The second-order valence-corrected chi connectivity index (χ2v) is 3.64. The fourth-order valence-electron chi connectivity index (χ4n) is 0.804. The molecule has 0 aliphatic carbocycles. The number of pyridine rings is 1. The SMILES string of the molecule is O=C(Cl)c1nc(I)c(F)cc1C(F)F. The second kappa shape index (κ2) is 4.43. The van der Waals surface area contributed by atoms with Gasteiger partial charge in [0.15, 0.2) is 5.82 Å². The monoisotopic (exact) mass is 335 g/mol. The van der Waals surface area contributed by atoms with Crippen LogP contribution in [0.1, 0.15) is 22.5 Å². The summed E-state index contributed by atoms with van der Waals surface area (Å²) < 4.78 is 37.2. The summed E-state index contributed by atoms with van der Waals surface area (Å²) >= 11 is 6.50. The van der Waals surface area contributed by atoms with E-state index in [0.29, 0.717) is 6.07 Å². The molecule has 0 N–H and O–H groups in total. The average molecular weight is 335 g/mol. The molecule has 0 aliphatic rings. The van der Waals surface area contributed by atoms with Gasteiger partial charge in [-0.05, 0) is 40.3 Å². The van der Waals surface area contributed by atoms with E-state index in [9.17, 15) is 18.0 Å². The molecule has 0 aliphatic heterocycles. The van der Waals surface area contributed by atoms with Crippen LogP contribution >= 0.6 is 34.2 Å². The molecule has 0 unspecified atom stereocenters. The quantitative estimate of drug-likeness (QED) is 0.472. The lowest BCUT2D eigenvalue weighted by molar-refractivity contribution is 0.106. The minimum absolute atomic E-state index is 0.170. The molecule has 0 saturated heterocycles. The fraction of sp³-hybridized carbons (Fsp3) is 0.143. The van der Waals surface area contributed by atoms with Crippen molar-refractivity contribution in [1.29, 1.82) is 0 Å². The first-order valence-electron chi connectivity index (χ1n) is 3.27. The molecule has 0 saturated carbocycles. The van der Waals surface area contributed by atoms with E-state index in [2.05, 4.69) is 4.98 Å². The molecule has 2 nitrogen and oxygen atoms in total. The summed E-state index contributed by atoms with van der Waals surface area (Å²) in [6.45, 7) is 0. The van der Waals surface area contributed by atoms with Crippen LogP contribution in [0.2, 0.25) is 0 Å². The molecule has 0 bridgehead atoms. The molecule has 7 heteroatoms. The van der Waals surface area contributed by atoms with Gasteiger partial charge in [0.25, 0.3) is 11.7 Å². The van der Waals surface area contributed by atoms with E-state index in [1.54, 1.807) is 0 Å². The third-order valence-corrected chi connectivity index (χ3v) is 2.32. The van der Waals surface area contributed by atoms with Gasteiger partial charge in [0.05, 0.1) is 5.56 Å². The van der Waals surface area contributed by atoms with E-state index in [4.69, 9.17) is 11.6 Å². The molecule has 1 rings (SSSR count). The Balaban J connectivity index is 3.39. The van der Waals surface area contributed by atoms with Gasteiger partial charge in [-0.15, -0.1) is 0 Å². The summed E-state index contributed by atoms with van der Waals surface area (Å²) in [5.41, 5.74) is -1.39. The Hall–Kier alpha value is -0.370. The maximum absolute atomic E-state index is 12.8. The highest BCUT2D eigenvalue weighted by molar-refractivity contribution is 14.1. The van der Waals surface area contributed by atoms with Crippen LogP contribution in [0.4, 0.5) is 13.2 Å². The number of carbonyl (C=O) groups is 1. The molecule has 0 atom stereocenters. The van der Waals surface area contributed by atoms with Crippen LogP contribution in [0.25, 0.3) is 0 Å². The van der Waals surface area contributed by atoms with Crippen LogP contribution < -0.4 is 0 Å². The van der Waals surface area contributed by atoms with Gasteiger partial charge in [0.2, 0.25) is 0 Å². The van der Waals surface area contributed by atoms with E-state index < -0.39 is 28.7 Å². The van der Waals surface area contributed by atoms with Gasteiger partial charge < -0.3 is 0 Å². The molecule has 14 heavy (non-hydrogen) atoms. The van der Waals surface area contributed by atoms with Crippen molar-refractivity contribution >= 4 is 39.4 Å². The van der Waals surface area contributed by atoms with Crippen molar-refractivity contribution in [2.75, 3.05) is 0 Å². The minimum Gasteiger partial charge on any atom is -0.274 e. The number of hydrogen-bond donors (Lipinski definition) is 0. The van der Waals surface area contributed by atoms with Crippen LogP contribution in [0, 0.1) is 9.52 Å². The Morgan fingerprint density at radius 3 is 2.57 bits per heavy atom. The van der Waals surface area contributed by atoms with Crippen molar-refractivity contribution < 1.29 is 18.0 Å². The van der Waals surface area contributed by atoms with Gasteiger partial charge in [-0.2, -0.15) is 0 Å². The molecule has 76 valence electrons. The molecule has 0 radical (unpaired) electrons.